The highest BCUT2D eigenvalue weighted by Crippen LogP contribution is 2.16. The molecular formula is C21H28N4O4. The van der Waals surface area contributed by atoms with E-state index in [1.54, 1.807) is 31.2 Å². The first-order chi connectivity index (χ1) is 13.9. The molecule has 2 amide bonds. The summed E-state index contributed by atoms with van der Waals surface area (Å²) in [5.74, 6) is 2.05. The van der Waals surface area contributed by atoms with Crippen LogP contribution in [-0.2, 0) is 11.4 Å². The van der Waals surface area contributed by atoms with Crippen molar-refractivity contribution in [2.75, 3.05) is 13.1 Å². The van der Waals surface area contributed by atoms with Crippen LogP contribution in [-0.4, -0.2) is 46.0 Å². The van der Waals surface area contributed by atoms with Crippen molar-refractivity contribution < 1.29 is 18.8 Å². The van der Waals surface area contributed by atoms with Gasteiger partial charge in [0.2, 0.25) is 17.6 Å². The second-order valence-electron chi connectivity index (χ2n) is 7.77. The number of rotatable bonds is 7. The zero-order chi connectivity index (χ0) is 20.8. The molecule has 1 aliphatic heterocycles. The summed E-state index contributed by atoms with van der Waals surface area (Å²) in [4.78, 5) is 30.6. The van der Waals surface area contributed by atoms with Crippen LogP contribution in [0.2, 0.25) is 0 Å². The Morgan fingerprint density at radius 3 is 2.52 bits per heavy atom. The molecule has 1 aliphatic rings. The van der Waals surface area contributed by atoms with Gasteiger partial charge in [0, 0.05) is 38.0 Å². The zero-order valence-corrected chi connectivity index (χ0v) is 17.2. The van der Waals surface area contributed by atoms with E-state index < -0.39 is 0 Å². The molecule has 1 N–H and O–H groups in total. The molecule has 2 heterocycles. The highest BCUT2D eigenvalue weighted by Gasteiger charge is 2.24. The van der Waals surface area contributed by atoms with E-state index in [1.165, 1.54) is 0 Å². The molecule has 8 nitrogen and oxygen atoms in total. The molecular weight excluding hydrogens is 372 g/mol. The first-order valence-corrected chi connectivity index (χ1v) is 10.0. The Morgan fingerprint density at radius 1 is 1.24 bits per heavy atom. The van der Waals surface area contributed by atoms with Crippen LogP contribution in [0, 0.1) is 12.8 Å². The van der Waals surface area contributed by atoms with E-state index in [9.17, 15) is 9.59 Å². The molecule has 1 fully saturated rings. The lowest BCUT2D eigenvalue weighted by Gasteiger charge is -2.32. The smallest absolute Gasteiger partial charge is 0.251 e. The molecule has 0 spiro atoms. The van der Waals surface area contributed by atoms with Gasteiger partial charge in [-0.05, 0) is 43.0 Å². The molecule has 0 radical (unpaired) electrons. The third kappa shape index (κ3) is 6.04. The first-order valence-electron chi connectivity index (χ1n) is 10.0. The number of hydrogen-bond donors (Lipinski definition) is 1. The van der Waals surface area contributed by atoms with E-state index in [0.717, 1.165) is 12.8 Å². The average molecular weight is 400 g/mol. The van der Waals surface area contributed by atoms with Crippen LogP contribution in [0.3, 0.4) is 0 Å². The number of benzene rings is 1. The topological polar surface area (TPSA) is 97.6 Å². The lowest BCUT2D eigenvalue weighted by Crippen LogP contribution is -2.46. The summed E-state index contributed by atoms with van der Waals surface area (Å²) in [5.41, 5.74) is 0.575. The van der Waals surface area contributed by atoms with Crippen molar-refractivity contribution in [2.45, 2.75) is 52.7 Å². The Morgan fingerprint density at radius 2 is 1.93 bits per heavy atom. The molecule has 0 aliphatic carbocycles. The average Bonchev–Trinajstić information content (AvgIpc) is 3.12. The van der Waals surface area contributed by atoms with Gasteiger partial charge in [-0.15, -0.1) is 0 Å². The number of nitrogens with one attached hydrogen (secondary N) is 1. The van der Waals surface area contributed by atoms with Gasteiger partial charge in [-0.25, -0.2) is 0 Å². The van der Waals surface area contributed by atoms with Crippen LogP contribution >= 0.6 is 0 Å². The van der Waals surface area contributed by atoms with Crippen LogP contribution in [0.1, 0.15) is 55.2 Å². The normalized spacial score (nSPS) is 14.8. The van der Waals surface area contributed by atoms with Gasteiger partial charge in [0.15, 0.2) is 6.61 Å². The van der Waals surface area contributed by atoms with Crippen LogP contribution in [0.5, 0.6) is 5.75 Å². The number of hydrogen-bond acceptors (Lipinski definition) is 6. The summed E-state index contributed by atoms with van der Waals surface area (Å²) in [6, 6.07) is 7.04. The maximum absolute atomic E-state index is 12.5. The Balaban J connectivity index is 1.44. The predicted molar refractivity (Wildman–Crippen MR) is 106 cm³/mol. The molecule has 0 bridgehead atoms. The standard InChI is InChI=1S/C21H28N4O4/c1-14(2)12-20(26)25-10-8-17(9-11-25)23-21(27)16-4-6-18(7-5-16)28-13-19-22-15(3)29-24-19/h4-7,14,17H,8-13H2,1-3H3,(H,23,27). The van der Waals surface area contributed by atoms with Crippen molar-refractivity contribution in [1.82, 2.24) is 20.4 Å². The first kappa shape index (κ1) is 20.8. The van der Waals surface area contributed by atoms with E-state index in [4.69, 9.17) is 9.26 Å². The third-order valence-corrected chi connectivity index (χ3v) is 4.82. The minimum atomic E-state index is -0.114. The minimum absolute atomic E-state index is 0.0861. The zero-order valence-electron chi connectivity index (χ0n) is 17.2. The van der Waals surface area contributed by atoms with Crippen LogP contribution in [0.15, 0.2) is 28.8 Å². The van der Waals surface area contributed by atoms with Gasteiger partial charge in [-0.1, -0.05) is 19.0 Å². The maximum atomic E-state index is 12.5. The van der Waals surface area contributed by atoms with Crippen molar-refractivity contribution >= 4 is 11.8 Å². The summed E-state index contributed by atoms with van der Waals surface area (Å²) < 4.78 is 10.5. The lowest BCUT2D eigenvalue weighted by molar-refractivity contribution is -0.133. The number of likely N-dealkylation sites (tertiary alicyclic amines) is 1. The van der Waals surface area contributed by atoms with E-state index >= 15 is 0 Å². The van der Waals surface area contributed by atoms with Crippen molar-refractivity contribution in [2.24, 2.45) is 5.92 Å². The monoisotopic (exact) mass is 400 g/mol. The Labute approximate surface area is 170 Å². The third-order valence-electron chi connectivity index (χ3n) is 4.82. The van der Waals surface area contributed by atoms with Crippen LogP contribution in [0.25, 0.3) is 0 Å². The summed E-state index contributed by atoms with van der Waals surface area (Å²) >= 11 is 0. The molecule has 8 heteroatoms. The van der Waals surface area contributed by atoms with Crippen molar-refractivity contribution in [3.05, 3.63) is 41.5 Å². The van der Waals surface area contributed by atoms with Crippen molar-refractivity contribution in [3.8, 4) is 5.75 Å². The number of amides is 2. The molecule has 0 unspecified atom stereocenters. The summed E-state index contributed by atoms with van der Waals surface area (Å²) in [5, 5.41) is 6.84. The lowest BCUT2D eigenvalue weighted by atomic mass is 10.0. The molecule has 1 saturated heterocycles. The van der Waals surface area contributed by atoms with E-state index in [0.29, 0.717) is 48.5 Å². The van der Waals surface area contributed by atoms with Crippen molar-refractivity contribution in [3.63, 3.8) is 0 Å². The number of carbonyl (C=O) groups is 2. The fraction of sp³-hybridized carbons (Fsp3) is 0.524. The van der Waals surface area contributed by atoms with Gasteiger partial charge >= 0.3 is 0 Å². The van der Waals surface area contributed by atoms with Gasteiger partial charge < -0.3 is 19.5 Å². The van der Waals surface area contributed by atoms with Crippen LogP contribution in [0.4, 0.5) is 0 Å². The van der Waals surface area contributed by atoms with Crippen molar-refractivity contribution in [1.29, 1.82) is 0 Å². The number of nitrogens with zero attached hydrogens (tertiary/aromatic N) is 3. The van der Waals surface area contributed by atoms with E-state index in [1.807, 2.05) is 18.7 Å². The van der Waals surface area contributed by atoms with Crippen LogP contribution < -0.4 is 10.1 Å². The number of ether oxygens (including phenoxy) is 1. The summed E-state index contributed by atoms with van der Waals surface area (Å²) in [6.07, 6.45) is 2.14. The summed E-state index contributed by atoms with van der Waals surface area (Å²) in [7, 11) is 0. The quantitative estimate of drug-likeness (QED) is 0.767. The molecule has 0 saturated carbocycles. The predicted octanol–water partition coefficient (Wildman–Crippen LogP) is 2.72. The molecule has 2 aromatic rings. The number of aromatic nitrogens is 2. The Kier molecular flexibility index (Phi) is 6.85. The van der Waals surface area contributed by atoms with Gasteiger partial charge in [0.1, 0.15) is 5.75 Å². The second-order valence-corrected chi connectivity index (χ2v) is 7.77. The largest absolute Gasteiger partial charge is 0.485 e. The Hall–Kier alpha value is -2.90. The molecule has 0 atom stereocenters. The fourth-order valence-electron chi connectivity index (χ4n) is 3.27. The van der Waals surface area contributed by atoms with E-state index in [-0.39, 0.29) is 24.5 Å². The van der Waals surface area contributed by atoms with Gasteiger partial charge in [-0.2, -0.15) is 4.98 Å². The molecule has 29 heavy (non-hydrogen) atoms. The highest BCUT2D eigenvalue weighted by atomic mass is 16.5. The van der Waals surface area contributed by atoms with Gasteiger partial charge in [0.25, 0.3) is 5.91 Å². The minimum Gasteiger partial charge on any atom is -0.485 e. The second kappa shape index (κ2) is 9.54. The number of aryl methyl sites for hydroxylation is 1. The molecule has 156 valence electrons. The fourth-order valence-corrected chi connectivity index (χ4v) is 3.27. The maximum Gasteiger partial charge on any atom is 0.251 e. The number of piperidine rings is 1. The Bertz CT molecular complexity index is 823. The number of carbonyl (C=O) groups excluding carboxylic acids is 2. The van der Waals surface area contributed by atoms with E-state index in [2.05, 4.69) is 15.5 Å². The molecule has 3 rings (SSSR count). The summed E-state index contributed by atoms with van der Waals surface area (Å²) in [6.45, 7) is 7.41. The van der Waals surface area contributed by atoms with Gasteiger partial charge in [-0.3, -0.25) is 9.59 Å². The molecule has 1 aromatic heterocycles. The molecule has 1 aromatic carbocycles. The van der Waals surface area contributed by atoms with Gasteiger partial charge in [0.05, 0.1) is 0 Å². The SMILES string of the molecule is Cc1nc(COc2ccc(C(=O)NC3CCN(C(=O)CC(C)C)CC3)cc2)no1. The highest BCUT2D eigenvalue weighted by molar-refractivity contribution is 5.94.